The Bertz CT molecular complexity index is 573. The van der Waals surface area contributed by atoms with Crippen molar-refractivity contribution in [2.24, 2.45) is 5.10 Å². The fourth-order valence-electron chi connectivity index (χ4n) is 1.57. The van der Waals surface area contributed by atoms with Gasteiger partial charge in [-0.25, -0.2) is 5.43 Å². The smallest absolute Gasteiger partial charge is 0.311 e. The Morgan fingerprint density at radius 1 is 1.36 bits per heavy atom. The third-order valence-corrected chi connectivity index (χ3v) is 2.81. The number of ether oxygens (including phenoxy) is 2. The molecule has 0 saturated heterocycles. The van der Waals surface area contributed by atoms with Crippen molar-refractivity contribution >= 4 is 29.2 Å². The van der Waals surface area contributed by atoms with Crippen LogP contribution in [0.1, 0.15) is 25.8 Å². The molecule has 0 spiro atoms. The Labute approximate surface area is 134 Å². The second-order valence-electron chi connectivity index (χ2n) is 4.56. The molecule has 0 saturated carbocycles. The molecular weight excluding hydrogens is 308 g/mol. The first-order chi connectivity index (χ1) is 10.4. The lowest BCUT2D eigenvalue weighted by molar-refractivity contribution is -0.141. The normalized spacial score (nSPS) is 11.0. The SMILES string of the molecule is CCOC(=O)C/C(C)=N\NC(=O)COc1ccc(Cl)cc1C. The van der Waals surface area contributed by atoms with E-state index in [1.807, 2.05) is 6.92 Å². The largest absolute Gasteiger partial charge is 0.483 e. The van der Waals surface area contributed by atoms with Crippen molar-refractivity contribution < 1.29 is 19.1 Å². The summed E-state index contributed by atoms with van der Waals surface area (Å²) in [6, 6.07) is 5.13. The zero-order valence-corrected chi connectivity index (χ0v) is 13.6. The molecule has 6 nitrogen and oxygen atoms in total. The van der Waals surface area contributed by atoms with Crippen molar-refractivity contribution in [3.8, 4) is 5.75 Å². The number of benzene rings is 1. The minimum absolute atomic E-state index is 0.0330. The van der Waals surface area contributed by atoms with Gasteiger partial charge in [0.1, 0.15) is 5.75 Å². The number of carbonyl (C=O) groups excluding carboxylic acids is 2. The molecule has 0 aliphatic heterocycles. The van der Waals surface area contributed by atoms with E-state index in [1.54, 1.807) is 32.0 Å². The van der Waals surface area contributed by atoms with Gasteiger partial charge in [-0.3, -0.25) is 9.59 Å². The van der Waals surface area contributed by atoms with Crippen LogP contribution in [0.15, 0.2) is 23.3 Å². The number of nitrogens with one attached hydrogen (secondary N) is 1. The number of carbonyl (C=O) groups is 2. The molecule has 1 aromatic rings. The van der Waals surface area contributed by atoms with Gasteiger partial charge in [-0.15, -0.1) is 0 Å². The number of esters is 1. The number of halogens is 1. The quantitative estimate of drug-likeness (QED) is 0.474. The summed E-state index contributed by atoms with van der Waals surface area (Å²) in [7, 11) is 0. The van der Waals surface area contributed by atoms with Gasteiger partial charge in [0.2, 0.25) is 0 Å². The molecule has 0 atom stereocenters. The van der Waals surface area contributed by atoms with Gasteiger partial charge in [0.25, 0.3) is 5.91 Å². The van der Waals surface area contributed by atoms with Gasteiger partial charge in [0.15, 0.2) is 6.61 Å². The van der Waals surface area contributed by atoms with E-state index in [0.717, 1.165) is 5.56 Å². The number of hydrogen-bond acceptors (Lipinski definition) is 5. The summed E-state index contributed by atoms with van der Waals surface area (Å²) in [5.74, 6) is -0.227. The molecule has 1 aromatic carbocycles. The molecule has 0 bridgehead atoms. The highest BCUT2D eigenvalue weighted by molar-refractivity contribution is 6.30. The van der Waals surface area contributed by atoms with Crippen LogP contribution in [0, 0.1) is 6.92 Å². The summed E-state index contributed by atoms with van der Waals surface area (Å²) >= 11 is 5.84. The average molecular weight is 327 g/mol. The molecule has 120 valence electrons. The van der Waals surface area contributed by atoms with E-state index in [-0.39, 0.29) is 19.0 Å². The Balaban J connectivity index is 2.41. The first-order valence-electron chi connectivity index (χ1n) is 6.79. The fourth-order valence-corrected chi connectivity index (χ4v) is 1.80. The predicted molar refractivity (Wildman–Crippen MR) is 84.2 cm³/mol. The van der Waals surface area contributed by atoms with Crippen molar-refractivity contribution in [3.63, 3.8) is 0 Å². The van der Waals surface area contributed by atoms with E-state index >= 15 is 0 Å². The summed E-state index contributed by atoms with van der Waals surface area (Å²) in [6.07, 6.45) is 0.0330. The lowest BCUT2D eigenvalue weighted by Crippen LogP contribution is -2.26. The van der Waals surface area contributed by atoms with Gasteiger partial charge < -0.3 is 9.47 Å². The highest BCUT2D eigenvalue weighted by Gasteiger charge is 2.07. The summed E-state index contributed by atoms with van der Waals surface area (Å²) < 4.78 is 10.2. The van der Waals surface area contributed by atoms with Gasteiger partial charge in [0.05, 0.1) is 13.0 Å². The van der Waals surface area contributed by atoms with Gasteiger partial charge >= 0.3 is 5.97 Å². The summed E-state index contributed by atoms with van der Waals surface area (Å²) in [5.41, 5.74) is 3.61. The molecule has 22 heavy (non-hydrogen) atoms. The zero-order valence-electron chi connectivity index (χ0n) is 12.8. The number of hydrogen-bond donors (Lipinski definition) is 1. The average Bonchev–Trinajstić information content (AvgIpc) is 2.44. The van der Waals surface area contributed by atoms with Crippen LogP contribution in [0.25, 0.3) is 0 Å². The van der Waals surface area contributed by atoms with Crippen LogP contribution in [0.2, 0.25) is 5.02 Å². The lowest BCUT2D eigenvalue weighted by atomic mass is 10.2. The van der Waals surface area contributed by atoms with E-state index in [4.69, 9.17) is 21.1 Å². The molecule has 0 heterocycles. The van der Waals surface area contributed by atoms with Gasteiger partial charge in [-0.05, 0) is 44.5 Å². The van der Waals surface area contributed by atoms with Crippen molar-refractivity contribution in [3.05, 3.63) is 28.8 Å². The molecule has 0 aromatic heterocycles. The molecule has 1 amide bonds. The van der Waals surface area contributed by atoms with Gasteiger partial charge in [-0.2, -0.15) is 5.10 Å². The van der Waals surface area contributed by atoms with E-state index < -0.39 is 5.91 Å². The monoisotopic (exact) mass is 326 g/mol. The Kier molecular flexibility index (Phi) is 7.39. The third-order valence-electron chi connectivity index (χ3n) is 2.57. The van der Waals surface area contributed by atoms with Gasteiger partial charge in [0, 0.05) is 10.7 Å². The highest BCUT2D eigenvalue weighted by Crippen LogP contribution is 2.21. The van der Waals surface area contributed by atoms with Crippen molar-refractivity contribution in [2.75, 3.05) is 13.2 Å². The van der Waals surface area contributed by atoms with Gasteiger partial charge in [-0.1, -0.05) is 11.6 Å². The van der Waals surface area contributed by atoms with Crippen LogP contribution in [0.4, 0.5) is 0 Å². The number of amides is 1. The number of aryl methyl sites for hydroxylation is 1. The molecular formula is C15H19ClN2O4. The summed E-state index contributed by atoms with van der Waals surface area (Å²) in [5, 5.41) is 4.42. The highest BCUT2D eigenvalue weighted by atomic mass is 35.5. The minimum atomic E-state index is -0.419. The molecule has 1 N–H and O–H groups in total. The van der Waals surface area contributed by atoms with E-state index in [1.165, 1.54) is 0 Å². The summed E-state index contributed by atoms with van der Waals surface area (Å²) in [4.78, 5) is 22.8. The minimum Gasteiger partial charge on any atom is -0.483 e. The van der Waals surface area contributed by atoms with E-state index in [2.05, 4.69) is 10.5 Å². The van der Waals surface area contributed by atoms with E-state index in [0.29, 0.717) is 23.1 Å². The van der Waals surface area contributed by atoms with Crippen LogP contribution < -0.4 is 10.2 Å². The first-order valence-corrected chi connectivity index (χ1v) is 7.16. The van der Waals surface area contributed by atoms with Crippen LogP contribution >= 0.6 is 11.6 Å². The maximum absolute atomic E-state index is 11.6. The van der Waals surface area contributed by atoms with Crippen molar-refractivity contribution in [1.82, 2.24) is 5.43 Å². The fraction of sp³-hybridized carbons (Fsp3) is 0.400. The maximum atomic E-state index is 11.6. The topological polar surface area (TPSA) is 77.0 Å². The van der Waals surface area contributed by atoms with Crippen LogP contribution in [-0.2, 0) is 14.3 Å². The van der Waals surface area contributed by atoms with Crippen LogP contribution in [0.5, 0.6) is 5.75 Å². The number of nitrogens with zero attached hydrogens (tertiary/aromatic N) is 1. The zero-order chi connectivity index (χ0) is 16.5. The Hall–Kier alpha value is -2.08. The number of hydrazone groups is 1. The predicted octanol–water partition coefficient (Wildman–Crippen LogP) is 2.47. The number of rotatable bonds is 7. The molecule has 0 aliphatic carbocycles. The first kappa shape index (κ1) is 18.0. The van der Waals surface area contributed by atoms with E-state index in [9.17, 15) is 9.59 Å². The maximum Gasteiger partial charge on any atom is 0.311 e. The molecule has 1 rings (SSSR count). The molecule has 0 fully saturated rings. The molecule has 0 aliphatic rings. The molecule has 7 heteroatoms. The van der Waals surface area contributed by atoms with Crippen LogP contribution in [-0.4, -0.2) is 30.8 Å². The standard InChI is InChI=1S/C15H19ClN2O4/c1-4-21-15(20)8-11(3)17-18-14(19)9-22-13-6-5-12(16)7-10(13)2/h5-7H,4,8-9H2,1-3H3,(H,18,19)/b17-11-. The Morgan fingerprint density at radius 3 is 2.73 bits per heavy atom. The van der Waals surface area contributed by atoms with Crippen molar-refractivity contribution in [2.45, 2.75) is 27.2 Å². The second-order valence-corrected chi connectivity index (χ2v) is 5.00. The second kappa shape index (κ2) is 9.04. The summed E-state index contributed by atoms with van der Waals surface area (Å²) in [6.45, 7) is 5.32. The lowest BCUT2D eigenvalue weighted by Gasteiger charge is -2.08. The molecule has 0 unspecified atom stereocenters. The Morgan fingerprint density at radius 2 is 2.09 bits per heavy atom. The third kappa shape index (κ3) is 6.58. The van der Waals surface area contributed by atoms with Crippen molar-refractivity contribution in [1.29, 1.82) is 0 Å². The van der Waals surface area contributed by atoms with Crippen LogP contribution in [0.3, 0.4) is 0 Å². The molecule has 0 radical (unpaired) electrons.